The lowest BCUT2D eigenvalue weighted by atomic mass is 10.2. The molecule has 0 unspecified atom stereocenters. The van der Waals surface area contributed by atoms with Crippen LogP contribution < -0.4 is 9.47 Å². The summed E-state index contributed by atoms with van der Waals surface area (Å²) in [6.07, 6.45) is 0.0871. The van der Waals surface area contributed by atoms with Gasteiger partial charge in [0.2, 0.25) is 0 Å². The molecule has 0 spiro atoms. The summed E-state index contributed by atoms with van der Waals surface area (Å²) >= 11 is 0. The molecule has 0 fully saturated rings. The van der Waals surface area contributed by atoms with E-state index in [4.69, 9.17) is 14.2 Å². The van der Waals surface area contributed by atoms with Crippen LogP contribution >= 0.6 is 0 Å². The molecular formula is C22H27NO5. The van der Waals surface area contributed by atoms with Crippen molar-refractivity contribution in [3.8, 4) is 11.5 Å². The molecule has 28 heavy (non-hydrogen) atoms. The first-order valence-corrected chi connectivity index (χ1v) is 9.28. The molecule has 2 aromatic rings. The van der Waals surface area contributed by atoms with Crippen LogP contribution in [0.5, 0.6) is 11.5 Å². The Morgan fingerprint density at radius 3 is 2.18 bits per heavy atom. The topological polar surface area (TPSA) is 65.1 Å². The number of benzene rings is 2. The molecule has 150 valence electrons. The third-order valence-electron chi connectivity index (χ3n) is 4.03. The van der Waals surface area contributed by atoms with E-state index in [1.807, 2.05) is 62.4 Å². The van der Waals surface area contributed by atoms with E-state index in [-0.39, 0.29) is 25.5 Å². The summed E-state index contributed by atoms with van der Waals surface area (Å²) in [7, 11) is 1.67. The summed E-state index contributed by atoms with van der Waals surface area (Å²) in [6, 6.07) is 15.1. The molecule has 0 aliphatic carbocycles. The number of nitrogens with zero attached hydrogens (tertiary/aromatic N) is 1. The first-order chi connectivity index (χ1) is 13.5. The fraction of sp³-hybridized carbons (Fsp3) is 0.364. The van der Waals surface area contributed by atoms with E-state index in [0.29, 0.717) is 18.9 Å². The molecule has 0 saturated carbocycles. The van der Waals surface area contributed by atoms with Crippen molar-refractivity contribution in [2.45, 2.75) is 26.8 Å². The van der Waals surface area contributed by atoms with E-state index in [1.54, 1.807) is 7.05 Å². The van der Waals surface area contributed by atoms with E-state index >= 15 is 0 Å². The van der Waals surface area contributed by atoms with Gasteiger partial charge in [-0.25, -0.2) is 0 Å². The maximum absolute atomic E-state index is 12.1. The van der Waals surface area contributed by atoms with Gasteiger partial charge in [-0.2, -0.15) is 0 Å². The summed E-state index contributed by atoms with van der Waals surface area (Å²) < 4.78 is 15.9. The van der Waals surface area contributed by atoms with Gasteiger partial charge in [0, 0.05) is 13.6 Å². The molecule has 2 aromatic carbocycles. The Morgan fingerprint density at radius 1 is 0.929 bits per heavy atom. The quantitative estimate of drug-likeness (QED) is 0.587. The average molecular weight is 385 g/mol. The molecule has 0 aliphatic heterocycles. The Labute approximate surface area is 166 Å². The zero-order chi connectivity index (χ0) is 20.4. The Hall–Kier alpha value is -3.02. The highest BCUT2D eigenvalue weighted by Crippen LogP contribution is 2.14. The summed E-state index contributed by atoms with van der Waals surface area (Å²) in [5.74, 6) is 0.767. The summed E-state index contributed by atoms with van der Waals surface area (Å²) in [4.78, 5) is 25.4. The number of rotatable bonds is 10. The molecule has 0 bridgehead atoms. The maximum Gasteiger partial charge on any atom is 0.309 e. The van der Waals surface area contributed by atoms with Crippen LogP contribution in [-0.2, 0) is 20.9 Å². The lowest BCUT2D eigenvalue weighted by Crippen LogP contribution is -2.31. The summed E-state index contributed by atoms with van der Waals surface area (Å²) in [6.45, 7) is 4.88. The first-order valence-electron chi connectivity index (χ1n) is 9.28. The number of amides is 1. The summed E-state index contributed by atoms with van der Waals surface area (Å²) in [5.41, 5.74) is 2.11. The zero-order valence-electron chi connectivity index (χ0n) is 16.6. The minimum absolute atomic E-state index is 0.0871. The number of aryl methyl sites for hydroxylation is 1. The van der Waals surface area contributed by atoms with Crippen LogP contribution in [0.4, 0.5) is 0 Å². The SMILES string of the molecule is CCOc1ccc(CN(C)C(=O)COC(=O)CCOc2ccc(C)cc2)cc1. The van der Waals surface area contributed by atoms with Gasteiger partial charge in [0.15, 0.2) is 6.61 Å². The Morgan fingerprint density at radius 2 is 1.54 bits per heavy atom. The highest BCUT2D eigenvalue weighted by atomic mass is 16.5. The summed E-state index contributed by atoms with van der Waals surface area (Å²) in [5, 5.41) is 0. The Kier molecular flexibility index (Phi) is 8.34. The fourth-order valence-corrected chi connectivity index (χ4v) is 2.43. The van der Waals surface area contributed by atoms with Crippen LogP contribution in [0, 0.1) is 6.92 Å². The minimum Gasteiger partial charge on any atom is -0.494 e. The van der Waals surface area contributed by atoms with E-state index in [1.165, 1.54) is 4.90 Å². The molecule has 0 aliphatic rings. The second kappa shape index (κ2) is 11.0. The number of hydrogen-bond acceptors (Lipinski definition) is 5. The number of esters is 1. The van der Waals surface area contributed by atoms with Gasteiger partial charge in [0.25, 0.3) is 5.91 Å². The van der Waals surface area contributed by atoms with Gasteiger partial charge in [0.1, 0.15) is 11.5 Å². The van der Waals surface area contributed by atoms with E-state index < -0.39 is 5.97 Å². The van der Waals surface area contributed by atoms with Crippen molar-refractivity contribution in [3.63, 3.8) is 0 Å². The largest absolute Gasteiger partial charge is 0.494 e. The molecule has 0 saturated heterocycles. The smallest absolute Gasteiger partial charge is 0.309 e. The molecule has 0 radical (unpaired) electrons. The second-order valence-electron chi connectivity index (χ2n) is 6.40. The number of carbonyl (C=O) groups is 2. The van der Waals surface area contributed by atoms with Gasteiger partial charge < -0.3 is 19.1 Å². The lowest BCUT2D eigenvalue weighted by molar-refractivity contribution is -0.152. The standard InChI is InChI=1S/C22H27NO5/c1-4-26-19-11-7-18(8-12-19)15-23(3)21(24)16-28-22(25)13-14-27-20-9-5-17(2)6-10-20/h5-12H,4,13-16H2,1-3H3. The van der Waals surface area contributed by atoms with Crippen LogP contribution in [0.1, 0.15) is 24.5 Å². The van der Waals surface area contributed by atoms with Crippen LogP contribution in [-0.4, -0.2) is 43.6 Å². The van der Waals surface area contributed by atoms with Crippen LogP contribution in [0.15, 0.2) is 48.5 Å². The van der Waals surface area contributed by atoms with Crippen LogP contribution in [0.3, 0.4) is 0 Å². The normalized spacial score (nSPS) is 10.2. The zero-order valence-corrected chi connectivity index (χ0v) is 16.6. The molecular weight excluding hydrogens is 358 g/mol. The fourth-order valence-electron chi connectivity index (χ4n) is 2.43. The van der Waals surface area contributed by atoms with Gasteiger partial charge in [-0.1, -0.05) is 29.8 Å². The number of likely N-dealkylation sites (N-methyl/N-ethyl adjacent to an activating group) is 1. The molecule has 2 rings (SSSR count). The molecule has 6 heteroatoms. The predicted octanol–water partition coefficient (Wildman–Crippen LogP) is 3.36. The maximum atomic E-state index is 12.1. The highest BCUT2D eigenvalue weighted by Gasteiger charge is 2.13. The molecule has 0 heterocycles. The van der Waals surface area contributed by atoms with Crippen molar-refractivity contribution in [1.29, 1.82) is 0 Å². The monoisotopic (exact) mass is 385 g/mol. The van der Waals surface area contributed by atoms with Crippen LogP contribution in [0.25, 0.3) is 0 Å². The van der Waals surface area contributed by atoms with E-state index in [9.17, 15) is 9.59 Å². The van der Waals surface area contributed by atoms with E-state index in [2.05, 4.69) is 0 Å². The third kappa shape index (κ3) is 7.31. The highest BCUT2D eigenvalue weighted by molar-refractivity contribution is 5.80. The van der Waals surface area contributed by atoms with Gasteiger partial charge in [-0.15, -0.1) is 0 Å². The van der Waals surface area contributed by atoms with Crippen molar-refractivity contribution < 1.29 is 23.8 Å². The second-order valence-corrected chi connectivity index (χ2v) is 6.40. The molecule has 0 aromatic heterocycles. The minimum atomic E-state index is -0.463. The van der Waals surface area contributed by atoms with Gasteiger partial charge in [0.05, 0.1) is 19.6 Å². The molecule has 1 amide bonds. The van der Waals surface area contributed by atoms with Crippen molar-refractivity contribution in [3.05, 3.63) is 59.7 Å². The predicted molar refractivity (Wildman–Crippen MR) is 106 cm³/mol. The lowest BCUT2D eigenvalue weighted by Gasteiger charge is -2.17. The third-order valence-corrected chi connectivity index (χ3v) is 4.03. The van der Waals surface area contributed by atoms with Gasteiger partial charge in [-0.3, -0.25) is 9.59 Å². The average Bonchev–Trinajstić information content (AvgIpc) is 2.69. The number of carbonyl (C=O) groups excluding carboxylic acids is 2. The van der Waals surface area contributed by atoms with Crippen molar-refractivity contribution >= 4 is 11.9 Å². The van der Waals surface area contributed by atoms with E-state index in [0.717, 1.165) is 16.9 Å². The Balaban J connectivity index is 1.67. The van der Waals surface area contributed by atoms with Crippen molar-refractivity contribution in [1.82, 2.24) is 4.90 Å². The molecule has 0 atom stereocenters. The first kappa shape index (κ1) is 21.3. The molecule has 0 N–H and O–H groups in total. The Bertz CT molecular complexity index is 756. The van der Waals surface area contributed by atoms with Crippen molar-refractivity contribution in [2.75, 3.05) is 26.9 Å². The molecule has 6 nitrogen and oxygen atoms in total. The number of hydrogen-bond donors (Lipinski definition) is 0. The number of ether oxygens (including phenoxy) is 3. The van der Waals surface area contributed by atoms with Crippen LogP contribution in [0.2, 0.25) is 0 Å². The van der Waals surface area contributed by atoms with Gasteiger partial charge >= 0.3 is 5.97 Å². The van der Waals surface area contributed by atoms with Crippen molar-refractivity contribution in [2.24, 2.45) is 0 Å². The van der Waals surface area contributed by atoms with Gasteiger partial charge in [-0.05, 0) is 43.7 Å².